The number of carbonyl (C=O) groups is 1. The normalized spacial score (nSPS) is 12.6. The molecule has 2 aromatic rings. The third kappa shape index (κ3) is 2.68. The topological polar surface area (TPSA) is 67.2 Å². The van der Waals surface area contributed by atoms with Gasteiger partial charge >= 0.3 is 0 Å². The molecular formula is C13H17N3O2. The van der Waals surface area contributed by atoms with Gasteiger partial charge in [-0.3, -0.25) is 4.79 Å². The number of rotatable bonds is 5. The second-order valence-corrected chi connectivity index (χ2v) is 4.19. The molecule has 5 nitrogen and oxygen atoms in total. The van der Waals surface area contributed by atoms with Crippen molar-refractivity contribution in [3.63, 3.8) is 0 Å². The SMILES string of the molecule is CCC(CNC)C(=O)Nc1ccc2ncoc2c1. The summed E-state index contributed by atoms with van der Waals surface area (Å²) in [5.41, 5.74) is 2.20. The van der Waals surface area contributed by atoms with Gasteiger partial charge in [0.25, 0.3) is 0 Å². The number of hydrogen-bond donors (Lipinski definition) is 2. The quantitative estimate of drug-likeness (QED) is 0.848. The Morgan fingerprint density at radius 2 is 2.33 bits per heavy atom. The first-order valence-corrected chi connectivity index (χ1v) is 6.03. The summed E-state index contributed by atoms with van der Waals surface area (Å²) in [5.74, 6) is -0.00821. The fourth-order valence-corrected chi connectivity index (χ4v) is 1.85. The Labute approximate surface area is 106 Å². The number of fused-ring (bicyclic) bond motifs is 1. The van der Waals surface area contributed by atoms with Crippen LogP contribution in [0.15, 0.2) is 29.0 Å². The highest BCUT2D eigenvalue weighted by atomic mass is 16.3. The molecule has 1 aromatic carbocycles. The second-order valence-electron chi connectivity index (χ2n) is 4.19. The minimum atomic E-state index is -0.0274. The molecule has 96 valence electrons. The summed E-state index contributed by atoms with van der Waals surface area (Å²) >= 11 is 0. The molecule has 1 aromatic heterocycles. The van der Waals surface area contributed by atoms with Crippen LogP contribution in [0.4, 0.5) is 5.69 Å². The molecule has 2 rings (SSSR count). The van der Waals surface area contributed by atoms with Crippen molar-refractivity contribution in [2.75, 3.05) is 18.9 Å². The molecule has 1 unspecified atom stereocenters. The number of aromatic nitrogens is 1. The van der Waals surface area contributed by atoms with Gasteiger partial charge in [0.05, 0.1) is 5.92 Å². The van der Waals surface area contributed by atoms with E-state index in [9.17, 15) is 4.79 Å². The first-order valence-electron chi connectivity index (χ1n) is 6.03. The van der Waals surface area contributed by atoms with Crippen molar-refractivity contribution in [3.05, 3.63) is 24.6 Å². The number of benzene rings is 1. The Bertz CT molecular complexity index is 536. The molecule has 1 heterocycles. The molecule has 0 fully saturated rings. The zero-order chi connectivity index (χ0) is 13.0. The van der Waals surface area contributed by atoms with Gasteiger partial charge in [-0.1, -0.05) is 6.92 Å². The monoisotopic (exact) mass is 247 g/mol. The number of oxazole rings is 1. The molecule has 1 atom stereocenters. The zero-order valence-corrected chi connectivity index (χ0v) is 10.6. The van der Waals surface area contributed by atoms with Crippen molar-refractivity contribution in [2.45, 2.75) is 13.3 Å². The lowest BCUT2D eigenvalue weighted by Crippen LogP contribution is -2.30. The van der Waals surface area contributed by atoms with Crippen molar-refractivity contribution in [2.24, 2.45) is 5.92 Å². The summed E-state index contributed by atoms with van der Waals surface area (Å²) < 4.78 is 5.20. The Hall–Kier alpha value is -1.88. The molecule has 1 amide bonds. The summed E-state index contributed by atoms with van der Waals surface area (Å²) in [7, 11) is 1.84. The van der Waals surface area contributed by atoms with E-state index in [-0.39, 0.29) is 11.8 Å². The molecule has 2 N–H and O–H groups in total. The third-order valence-corrected chi connectivity index (χ3v) is 2.91. The Morgan fingerprint density at radius 1 is 1.50 bits per heavy atom. The highest BCUT2D eigenvalue weighted by molar-refractivity contribution is 5.94. The average molecular weight is 247 g/mol. The van der Waals surface area contributed by atoms with Crippen LogP contribution in [0.1, 0.15) is 13.3 Å². The summed E-state index contributed by atoms with van der Waals surface area (Å²) in [5, 5.41) is 5.91. The van der Waals surface area contributed by atoms with Gasteiger partial charge in [0, 0.05) is 18.3 Å². The molecule has 18 heavy (non-hydrogen) atoms. The van der Waals surface area contributed by atoms with Gasteiger partial charge in [0.1, 0.15) is 5.52 Å². The highest BCUT2D eigenvalue weighted by Gasteiger charge is 2.15. The van der Waals surface area contributed by atoms with Gasteiger partial charge < -0.3 is 15.1 Å². The standard InChI is InChI=1S/C13H17N3O2/c1-3-9(7-14-2)13(17)16-10-4-5-11-12(6-10)18-8-15-11/h4-6,8-9,14H,3,7H2,1-2H3,(H,16,17). The van der Waals surface area contributed by atoms with Gasteiger partial charge in [-0.25, -0.2) is 4.98 Å². The fourth-order valence-electron chi connectivity index (χ4n) is 1.85. The van der Waals surface area contributed by atoms with Crippen LogP contribution in [0, 0.1) is 5.92 Å². The van der Waals surface area contributed by atoms with Gasteiger partial charge in [0.2, 0.25) is 5.91 Å². The van der Waals surface area contributed by atoms with Crippen molar-refractivity contribution in [3.8, 4) is 0 Å². The van der Waals surface area contributed by atoms with Crippen LogP contribution >= 0.6 is 0 Å². The molecule has 0 aliphatic rings. The second kappa shape index (κ2) is 5.64. The number of hydrogen-bond acceptors (Lipinski definition) is 4. The molecule has 0 saturated carbocycles. The third-order valence-electron chi connectivity index (χ3n) is 2.91. The fraction of sp³-hybridized carbons (Fsp3) is 0.385. The van der Waals surface area contributed by atoms with Crippen LogP contribution in [0.3, 0.4) is 0 Å². The average Bonchev–Trinajstić information content (AvgIpc) is 2.83. The first-order chi connectivity index (χ1) is 8.74. The van der Waals surface area contributed by atoms with Gasteiger partial charge in [-0.15, -0.1) is 0 Å². The molecule has 5 heteroatoms. The van der Waals surface area contributed by atoms with E-state index >= 15 is 0 Å². The van der Waals surface area contributed by atoms with Gasteiger partial charge in [-0.05, 0) is 25.6 Å². The van der Waals surface area contributed by atoms with Crippen LogP contribution in [0.2, 0.25) is 0 Å². The lowest BCUT2D eigenvalue weighted by molar-refractivity contribution is -0.119. The number of amides is 1. The van der Waals surface area contributed by atoms with Crippen molar-refractivity contribution >= 4 is 22.7 Å². The minimum absolute atomic E-state index is 0.0192. The van der Waals surface area contributed by atoms with E-state index in [1.165, 1.54) is 6.39 Å². The molecule has 0 saturated heterocycles. The lowest BCUT2D eigenvalue weighted by Gasteiger charge is -2.14. The summed E-state index contributed by atoms with van der Waals surface area (Å²) in [6.07, 6.45) is 2.20. The Kier molecular flexibility index (Phi) is 3.94. The Balaban J connectivity index is 2.09. The van der Waals surface area contributed by atoms with E-state index in [1.807, 2.05) is 26.1 Å². The minimum Gasteiger partial charge on any atom is -0.443 e. The van der Waals surface area contributed by atoms with Gasteiger partial charge in [-0.2, -0.15) is 0 Å². The van der Waals surface area contributed by atoms with E-state index in [2.05, 4.69) is 15.6 Å². The maximum absolute atomic E-state index is 12.0. The number of carbonyl (C=O) groups excluding carboxylic acids is 1. The van der Waals surface area contributed by atoms with Crippen LogP contribution in [-0.4, -0.2) is 24.5 Å². The van der Waals surface area contributed by atoms with E-state index in [4.69, 9.17) is 4.42 Å². The summed E-state index contributed by atoms with van der Waals surface area (Å²) in [6, 6.07) is 5.44. The lowest BCUT2D eigenvalue weighted by atomic mass is 10.1. The predicted molar refractivity (Wildman–Crippen MR) is 70.3 cm³/mol. The number of nitrogens with one attached hydrogen (secondary N) is 2. The maximum Gasteiger partial charge on any atom is 0.228 e. The van der Waals surface area contributed by atoms with Crippen LogP contribution in [0.5, 0.6) is 0 Å². The Morgan fingerprint density at radius 3 is 3.06 bits per heavy atom. The van der Waals surface area contributed by atoms with E-state index < -0.39 is 0 Å². The zero-order valence-electron chi connectivity index (χ0n) is 10.6. The number of nitrogens with zero attached hydrogens (tertiary/aromatic N) is 1. The molecule has 0 radical (unpaired) electrons. The maximum atomic E-state index is 12.0. The van der Waals surface area contributed by atoms with E-state index in [0.29, 0.717) is 12.1 Å². The summed E-state index contributed by atoms with van der Waals surface area (Å²) in [4.78, 5) is 16.0. The first kappa shape index (κ1) is 12.6. The largest absolute Gasteiger partial charge is 0.443 e. The summed E-state index contributed by atoms with van der Waals surface area (Å²) in [6.45, 7) is 2.67. The van der Waals surface area contributed by atoms with Crippen molar-refractivity contribution in [1.82, 2.24) is 10.3 Å². The molecule has 0 spiro atoms. The van der Waals surface area contributed by atoms with Crippen LogP contribution in [-0.2, 0) is 4.79 Å². The van der Waals surface area contributed by atoms with E-state index in [1.54, 1.807) is 6.07 Å². The molecule has 0 aliphatic carbocycles. The highest BCUT2D eigenvalue weighted by Crippen LogP contribution is 2.18. The van der Waals surface area contributed by atoms with Crippen molar-refractivity contribution < 1.29 is 9.21 Å². The molecule has 0 aliphatic heterocycles. The smallest absolute Gasteiger partial charge is 0.228 e. The van der Waals surface area contributed by atoms with Crippen LogP contribution < -0.4 is 10.6 Å². The van der Waals surface area contributed by atoms with Gasteiger partial charge in [0.15, 0.2) is 12.0 Å². The number of anilines is 1. The molecule has 0 bridgehead atoms. The predicted octanol–water partition coefficient (Wildman–Crippen LogP) is 2.01. The van der Waals surface area contributed by atoms with Crippen LogP contribution in [0.25, 0.3) is 11.1 Å². The van der Waals surface area contributed by atoms with Crippen molar-refractivity contribution in [1.29, 1.82) is 0 Å². The molecular weight excluding hydrogens is 230 g/mol. The van der Waals surface area contributed by atoms with E-state index in [0.717, 1.165) is 17.6 Å².